The SMILES string of the molecule is CC(CNC(=O)OC[C@H]1[C@@H]2CCC#CCC[C@@H]21)C(=O)O. The maximum absolute atomic E-state index is 11.5. The average Bonchev–Trinajstić information content (AvgIpc) is 3.03. The third-order valence-electron chi connectivity index (χ3n) is 4.22. The molecule has 20 heavy (non-hydrogen) atoms. The summed E-state index contributed by atoms with van der Waals surface area (Å²) in [5.74, 6) is 6.52. The van der Waals surface area contributed by atoms with Crippen molar-refractivity contribution in [2.24, 2.45) is 23.7 Å². The van der Waals surface area contributed by atoms with Gasteiger partial charge in [0, 0.05) is 19.4 Å². The zero-order chi connectivity index (χ0) is 14.5. The van der Waals surface area contributed by atoms with Gasteiger partial charge in [-0.3, -0.25) is 4.79 Å². The number of aliphatic carboxylic acids is 1. The first-order valence-electron chi connectivity index (χ1n) is 7.18. The number of amides is 1. The summed E-state index contributed by atoms with van der Waals surface area (Å²) in [4.78, 5) is 22.1. The van der Waals surface area contributed by atoms with Crippen molar-refractivity contribution in [1.82, 2.24) is 5.32 Å². The van der Waals surface area contributed by atoms with Crippen molar-refractivity contribution in [2.75, 3.05) is 13.2 Å². The molecule has 1 unspecified atom stereocenters. The van der Waals surface area contributed by atoms with Gasteiger partial charge in [0.2, 0.25) is 0 Å². The molecule has 0 saturated heterocycles. The van der Waals surface area contributed by atoms with Gasteiger partial charge in [-0.05, 0) is 30.6 Å². The summed E-state index contributed by atoms with van der Waals surface area (Å²) in [6.07, 6.45) is 3.57. The third-order valence-corrected chi connectivity index (χ3v) is 4.22. The van der Waals surface area contributed by atoms with Gasteiger partial charge in [-0.25, -0.2) is 4.79 Å². The molecule has 0 aromatic rings. The zero-order valence-electron chi connectivity index (χ0n) is 11.7. The van der Waals surface area contributed by atoms with Crippen LogP contribution >= 0.6 is 0 Å². The number of carboxylic acid groups (broad SMARTS) is 1. The summed E-state index contributed by atoms with van der Waals surface area (Å²) in [7, 11) is 0. The van der Waals surface area contributed by atoms with E-state index in [4.69, 9.17) is 9.84 Å². The quantitative estimate of drug-likeness (QED) is 0.753. The van der Waals surface area contributed by atoms with Gasteiger partial charge in [0.1, 0.15) is 0 Å². The lowest BCUT2D eigenvalue weighted by Gasteiger charge is -2.09. The first kappa shape index (κ1) is 14.7. The Morgan fingerprint density at radius 3 is 2.45 bits per heavy atom. The maximum atomic E-state index is 11.5. The van der Waals surface area contributed by atoms with Gasteiger partial charge in [0.15, 0.2) is 0 Å². The molecular formula is C15H21NO4. The summed E-state index contributed by atoms with van der Waals surface area (Å²) >= 11 is 0. The first-order valence-corrected chi connectivity index (χ1v) is 7.18. The normalized spacial score (nSPS) is 28.8. The van der Waals surface area contributed by atoms with Crippen LogP contribution in [0.25, 0.3) is 0 Å². The van der Waals surface area contributed by atoms with Crippen LogP contribution in [-0.4, -0.2) is 30.3 Å². The topological polar surface area (TPSA) is 75.6 Å². The van der Waals surface area contributed by atoms with Crippen LogP contribution in [0.2, 0.25) is 0 Å². The first-order chi connectivity index (χ1) is 9.59. The second kappa shape index (κ2) is 6.65. The second-order valence-electron chi connectivity index (χ2n) is 5.64. The van der Waals surface area contributed by atoms with E-state index in [1.165, 1.54) is 0 Å². The average molecular weight is 279 g/mol. The smallest absolute Gasteiger partial charge is 0.407 e. The largest absolute Gasteiger partial charge is 0.481 e. The van der Waals surface area contributed by atoms with Crippen molar-refractivity contribution >= 4 is 12.1 Å². The highest BCUT2D eigenvalue weighted by Crippen LogP contribution is 2.52. The Labute approximate surface area is 119 Å². The number of nitrogens with one attached hydrogen (secondary N) is 1. The Kier molecular flexibility index (Phi) is 4.89. The molecule has 0 aromatic heterocycles. The zero-order valence-corrected chi connectivity index (χ0v) is 11.7. The monoisotopic (exact) mass is 279 g/mol. The Balaban J connectivity index is 1.64. The number of ether oxygens (including phenoxy) is 1. The molecule has 5 heteroatoms. The number of hydrogen-bond acceptors (Lipinski definition) is 3. The minimum atomic E-state index is -0.925. The second-order valence-corrected chi connectivity index (χ2v) is 5.64. The number of alkyl carbamates (subject to hydrolysis) is 1. The molecule has 1 amide bonds. The molecule has 2 aliphatic rings. The minimum absolute atomic E-state index is 0.0968. The highest BCUT2D eigenvalue weighted by Gasteiger charge is 2.49. The van der Waals surface area contributed by atoms with Gasteiger partial charge in [0.25, 0.3) is 0 Å². The molecule has 0 aliphatic heterocycles. The van der Waals surface area contributed by atoms with Crippen molar-refractivity contribution in [3.8, 4) is 11.8 Å². The molecule has 1 saturated carbocycles. The fourth-order valence-corrected chi connectivity index (χ4v) is 2.83. The van der Waals surface area contributed by atoms with Gasteiger partial charge in [-0.15, -0.1) is 11.8 Å². The summed E-state index contributed by atoms with van der Waals surface area (Å²) in [5, 5.41) is 11.2. The van der Waals surface area contributed by atoms with E-state index in [0.29, 0.717) is 24.4 Å². The molecule has 0 radical (unpaired) electrons. The van der Waals surface area contributed by atoms with Crippen LogP contribution in [0.4, 0.5) is 4.79 Å². The molecule has 2 rings (SSSR count). The summed E-state index contributed by atoms with van der Waals surface area (Å²) in [6, 6.07) is 0. The molecule has 110 valence electrons. The fraction of sp³-hybridized carbons (Fsp3) is 0.733. The number of hydrogen-bond donors (Lipinski definition) is 2. The van der Waals surface area contributed by atoms with Gasteiger partial charge in [0.05, 0.1) is 12.5 Å². The lowest BCUT2D eigenvalue weighted by Crippen LogP contribution is -2.32. The van der Waals surface area contributed by atoms with Gasteiger partial charge >= 0.3 is 12.1 Å². The molecule has 5 nitrogen and oxygen atoms in total. The highest BCUT2D eigenvalue weighted by atomic mass is 16.5. The molecule has 4 atom stereocenters. The van der Waals surface area contributed by atoms with E-state index < -0.39 is 18.0 Å². The molecule has 1 fully saturated rings. The molecule has 0 spiro atoms. The van der Waals surface area contributed by atoms with E-state index in [2.05, 4.69) is 17.2 Å². The number of carbonyl (C=O) groups excluding carboxylic acids is 1. The van der Waals surface area contributed by atoms with E-state index in [1.54, 1.807) is 6.92 Å². The number of rotatable bonds is 5. The van der Waals surface area contributed by atoms with Crippen LogP contribution in [-0.2, 0) is 9.53 Å². The third kappa shape index (κ3) is 3.89. The Bertz CT molecular complexity index is 419. The number of carbonyl (C=O) groups is 2. The molecule has 0 heterocycles. The molecule has 0 bridgehead atoms. The van der Waals surface area contributed by atoms with Crippen LogP contribution < -0.4 is 5.32 Å². The minimum Gasteiger partial charge on any atom is -0.481 e. The van der Waals surface area contributed by atoms with Crippen molar-refractivity contribution in [3.05, 3.63) is 0 Å². The number of fused-ring (bicyclic) bond motifs is 1. The van der Waals surface area contributed by atoms with Gasteiger partial charge in [-0.2, -0.15) is 0 Å². The molecule has 2 N–H and O–H groups in total. The van der Waals surface area contributed by atoms with E-state index in [1.807, 2.05) is 0 Å². The lowest BCUT2D eigenvalue weighted by molar-refractivity contribution is -0.140. The molecule has 2 aliphatic carbocycles. The Morgan fingerprint density at radius 2 is 1.90 bits per heavy atom. The van der Waals surface area contributed by atoms with Gasteiger partial charge in [-0.1, -0.05) is 6.92 Å². The van der Waals surface area contributed by atoms with Crippen molar-refractivity contribution < 1.29 is 19.4 Å². The highest BCUT2D eigenvalue weighted by molar-refractivity contribution is 5.72. The lowest BCUT2D eigenvalue weighted by atomic mass is 10.1. The van der Waals surface area contributed by atoms with Crippen molar-refractivity contribution in [1.29, 1.82) is 0 Å². The van der Waals surface area contributed by atoms with E-state index in [-0.39, 0.29) is 6.54 Å². The predicted molar refractivity (Wildman–Crippen MR) is 72.9 cm³/mol. The van der Waals surface area contributed by atoms with Crippen LogP contribution in [0.3, 0.4) is 0 Å². The van der Waals surface area contributed by atoms with Gasteiger partial charge < -0.3 is 15.2 Å². The maximum Gasteiger partial charge on any atom is 0.407 e. The predicted octanol–water partition coefficient (Wildman–Crippen LogP) is 1.87. The van der Waals surface area contributed by atoms with E-state index in [9.17, 15) is 9.59 Å². The van der Waals surface area contributed by atoms with Crippen LogP contribution in [0.1, 0.15) is 32.6 Å². The van der Waals surface area contributed by atoms with Crippen LogP contribution in [0.15, 0.2) is 0 Å². The van der Waals surface area contributed by atoms with Crippen LogP contribution in [0.5, 0.6) is 0 Å². The fourth-order valence-electron chi connectivity index (χ4n) is 2.83. The van der Waals surface area contributed by atoms with E-state index in [0.717, 1.165) is 25.7 Å². The summed E-state index contributed by atoms with van der Waals surface area (Å²) < 4.78 is 5.19. The molecular weight excluding hydrogens is 258 g/mol. The summed E-state index contributed by atoms with van der Waals surface area (Å²) in [6.45, 7) is 2.08. The Morgan fingerprint density at radius 1 is 1.30 bits per heavy atom. The summed E-state index contributed by atoms with van der Waals surface area (Å²) in [5.41, 5.74) is 0. The number of carboxylic acids is 1. The van der Waals surface area contributed by atoms with Crippen molar-refractivity contribution in [3.63, 3.8) is 0 Å². The molecule has 0 aromatic carbocycles. The van der Waals surface area contributed by atoms with Crippen molar-refractivity contribution in [2.45, 2.75) is 32.6 Å². The van der Waals surface area contributed by atoms with Crippen LogP contribution in [0, 0.1) is 35.5 Å². The Hall–Kier alpha value is -1.70. The van der Waals surface area contributed by atoms with E-state index >= 15 is 0 Å². The standard InChI is InChI=1S/C15H21NO4/c1-10(14(17)18)8-16-15(19)20-9-13-11-6-4-2-3-5-7-12(11)13/h10-13H,4-9H2,1H3,(H,16,19)(H,17,18)/t10?,11-,12+,13+.